The normalized spacial score (nSPS) is 15.0. The highest BCUT2D eigenvalue weighted by Crippen LogP contribution is 2.28. The van der Waals surface area contributed by atoms with Crippen LogP contribution in [0, 0.1) is 0 Å². The number of aromatic amines is 1. The van der Waals surface area contributed by atoms with E-state index in [4.69, 9.17) is 11.5 Å². The summed E-state index contributed by atoms with van der Waals surface area (Å²) in [5.41, 5.74) is 21.1. The Bertz CT molecular complexity index is 1420. The number of nitrogens with one attached hydrogen (secondary N) is 2. The van der Waals surface area contributed by atoms with Gasteiger partial charge in [0.05, 0.1) is 17.6 Å². The molecule has 0 saturated heterocycles. The van der Waals surface area contributed by atoms with Crippen molar-refractivity contribution in [2.75, 3.05) is 13.1 Å². The molecule has 7 heteroatoms. The van der Waals surface area contributed by atoms with Crippen LogP contribution < -0.4 is 16.8 Å². The van der Waals surface area contributed by atoms with E-state index >= 15 is 0 Å². The second kappa shape index (κ2) is 18.0. The molecule has 0 aliphatic heterocycles. The summed E-state index contributed by atoms with van der Waals surface area (Å²) in [5, 5.41) is 3.45. The molecular weight excluding hydrogens is 530 g/mol. The summed E-state index contributed by atoms with van der Waals surface area (Å²) in [5.74, 6) is 2.23. The molecule has 4 aromatic rings. The number of nitrogens with zero attached hydrogens (tertiary/aromatic N) is 3. The first-order valence-electron chi connectivity index (χ1n) is 15.8. The van der Waals surface area contributed by atoms with Crippen molar-refractivity contribution in [2.45, 2.75) is 85.6 Å². The number of rotatable bonds is 9. The Kier molecular flexibility index (Phi) is 14.1. The number of nitrogens with two attached hydrogens (primary N) is 2. The van der Waals surface area contributed by atoms with Crippen LogP contribution in [-0.4, -0.2) is 33.9 Å². The molecule has 1 atom stereocenters. The summed E-state index contributed by atoms with van der Waals surface area (Å²) in [6.07, 6.45) is 8.68. The molecule has 1 aliphatic carbocycles. The summed E-state index contributed by atoms with van der Waals surface area (Å²) in [6.45, 7) is 12.7. The molecule has 2 heterocycles. The van der Waals surface area contributed by atoms with Crippen LogP contribution in [0.15, 0.2) is 83.1 Å². The minimum absolute atomic E-state index is 0.300. The minimum Gasteiger partial charge on any atom is -0.386 e. The Morgan fingerprint density at radius 2 is 1.74 bits per heavy atom. The molecule has 2 aromatic heterocycles. The van der Waals surface area contributed by atoms with Gasteiger partial charge < -0.3 is 21.8 Å². The Morgan fingerprint density at radius 3 is 2.40 bits per heavy atom. The van der Waals surface area contributed by atoms with Crippen molar-refractivity contribution in [1.29, 1.82) is 0 Å². The van der Waals surface area contributed by atoms with Crippen LogP contribution in [0.4, 0.5) is 0 Å². The van der Waals surface area contributed by atoms with E-state index in [1.807, 2.05) is 36.5 Å². The number of aryl methyl sites for hydroxylation is 3. The van der Waals surface area contributed by atoms with Gasteiger partial charge in [-0.1, -0.05) is 70.2 Å². The summed E-state index contributed by atoms with van der Waals surface area (Å²) in [6, 6.07) is 21.0. The third-order valence-electron chi connectivity index (χ3n) is 7.72. The van der Waals surface area contributed by atoms with Gasteiger partial charge in [-0.25, -0.2) is 9.98 Å². The van der Waals surface area contributed by atoms with E-state index in [0.717, 1.165) is 54.9 Å². The zero-order valence-corrected chi connectivity index (χ0v) is 26.8. The molecular formula is C36H51N7. The third-order valence-corrected chi connectivity index (χ3v) is 7.72. The third kappa shape index (κ3) is 10.8. The second-order valence-electron chi connectivity index (χ2n) is 11.1. The summed E-state index contributed by atoms with van der Waals surface area (Å²) >= 11 is 0. The van der Waals surface area contributed by atoms with Crippen LogP contribution in [0.1, 0.15) is 88.0 Å². The molecule has 0 saturated carbocycles. The second-order valence-corrected chi connectivity index (χ2v) is 11.1. The van der Waals surface area contributed by atoms with Crippen molar-refractivity contribution >= 4 is 16.9 Å². The number of hydrogen-bond acceptors (Lipinski definition) is 5. The molecule has 2 aromatic carbocycles. The van der Waals surface area contributed by atoms with Crippen molar-refractivity contribution < 1.29 is 0 Å². The number of aliphatic imine (C=N–C) groups is 1. The number of aromatic nitrogens is 3. The molecule has 1 aliphatic rings. The van der Waals surface area contributed by atoms with Gasteiger partial charge in [0.25, 0.3) is 0 Å². The van der Waals surface area contributed by atoms with Gasteiger partial charge in [-0.2, -0.15) is 0 Å². The fourth-order valence-corrected chi connectivity index (χ4v) is 5.10. The Hall–Kier alpha value is -3.81. The van der Waals surface area contributed by atoms with Crippen LogP contribution >= 0.6 is 0 Å². The first kappa shape index (κ1) is 33.7. The summed E-state index contributed by atoms with van der Waals surface area (Å²) < 4.78 is 0. The molecule has 1 unspecified atom stereocenters. The molecule has 0 fully saturated rings. The standard InChI is InChI=1S/C17H28N4.C10H13N.C9H10N2/c1-4-14-6-8-15(9-7-14)12-20-11-13(3)16(5-2)21-17(19)10-18;1-8-4-2-5-9-6-3-7-11-10(8)9;1-2-9-10-7-5-3-4-6-8(7)11-9/h6-9,20H,4-5,10-12,18H2,1-3H3,(H2,19,21);3,6-8H,2,4-5H2,1H3;3-6H,2H2,1H3,(H,10,11)/b16-13+;;. The topological polar surface area (TPSA) is 118 Å². The number of fused-ring (bicyclic) bond motifs is 2. The van der Waals surface area contributed by atoms with Crippen molar-refractivity contribution in [3.05, 3.63) is 106 Å². The van der Waals surface area contributed by atoms with E-state index in [2.05, 4.69) is 90.2 Å². The lowest BCUT2D eigenvalue weighted by atomic mass is 9.88. The van der Waals surface area contributed by atoms with Gasteiger partial charge in [0, 0.05) is 37.1 Å². The summed E-state index contributed by atoms with van der Waals surface area (Å²) in [4.78, 5) is 16.4. The monoisotopic (exact) mass is 581 g/mol. The van der Waals surface area contributed by atoms with Crippen LogP contribution in [0.3, 0.4) is 0 Å². The van der Waals surface area contributed by atoms with E-state index < -0.39 is 0 Å². The fourth-order valence-electron chi connectivity index (χ4n) is 5.10. The van der Waals surface area contributed by atoms with Crippen LogP contribution in [0.25, 0.3) is 11.0 Å². The zero-order chi connectivity index (χ0) is 31.0. The first-order valence-corrected chi connectivity index (χ1v) is 15.8. The van der Waals surface area contributed by atoms with Gasteiger partial charge >= 0.3 is 0 Å². The quantitative estimate of drug-likeness (QED) is 0.126. The number of amidine groups is 1. The molecule has 0 amide bonds. The number of pyridine rings is 1. The number of allylic oxidation sites excluding steroid dienone is 1. The molecule has 0 bridgehead atoms. The molecule has 0 radical (unpaired) electrons. The van der Waals surface area contributed by atoms with Gasteiger partial charge in [-0.05, 0) is 85.4 Å². The van der Waals surface area contributed by atoms with Crippen LogP contribution in [0.5, 0.6) is 0 Å². The van der Waals surface area contributed by atoms with E-state index in [1.54, 1.807) is 0 Å². The average Bonchev–Trinajstić information content (AvgIpc) is 3.48. The number of hydrogen-bond donors (Lipinski definition) is 4. The van der Waals surface area contributed by atoms with E-state index in [1.165, 1.54) is 47.2 Å². The highest BCUT2D eigenvalue weighted by Gasteiger charge is 2.16. The molecule has 6 N–H and O–H groups in total. The van der Waals surface area contributed by atoms with E-state index in [9.17, 15) is 0 Å². The van der Waals surface area contributed by atoms with Gasteiger partial charge in [0.2, 0.25) is 0 Å². The Morgan fingerprint density at radius 1 is 1.00 bits per heavy atom. The maximum atomic E-state index is 5.70. The van der Waals surface area contributed by atoms with Gasteiger partial charge in [-0.15, -0.1) is 0 Å². The number of benzene rings is 2. The van der Waals surface area contributed by atoms with Crippen LogP contribution in [0.2, 0.25) is 0 Å². The van der Waals surface area contributed by atoms with Crippen LogP contribution in [-0.2, 0) is 25.8 Å². The average molecular weight is 582 g/mol. The molecule has 43 heavy (non-hydrogen) atoms. The molecule has 7 nitrogen and oxygen atoms in total. The lowest BCUT2D eigenvalue weighted by Crippen LogP contribution is -2.23. The largest absolute Gasteiger partial charge is 0.386 e. The minimum atomic E-state index is 0.300. The lowest BCUT2D eigenvalue weighted by Gasteiger charge is -2.20. The zero-order valence-electron chi connectivity index (χ0n) is 26.8. The number of imidazole rings is 1. The summed E-state index contributed by atoms with van der Waals surface area (Å²) in [7, 11) is 0. The number of para-hydroxylation sites is 2. The first-order chi connectivity index (χ1) is 20.9. The van der Waals surface area contributed by atoms with Gasteiger partial charge in [0.15, 0.2) is 0 Å². The van der Waals surface area contributed by atoms with E-state index in [0.29, 0.717) is 18.3 Å². The SMILES string of the molecule is CC/C(N=C(N)CN)=C(/C)CNCc1ccc(CC)cc1.CC1CCCc2cccnc21.CCc1nc2ccccc2[nH]1. The van der Waals surface area contributed by atoms with E-state index in [-0.39, 0.29) is 0 Å². The highest BCUT2D eigenvalue weighted by atomic mass is 14.9. The molecule has 230 valence electrons. The van der Waals surface area contributed by atoms with Crippen molar-refractivity contribution in [3.63, 3.8) is 0 Å². The number of H-pyrrole nitrogens is 1. The molecule has 5 rings (SSSR count). The lowest BCUT2D eigenvalue weighted by molar-refractivity contribution is 0.573. The Balaban J connectivity index is 0.000000192. The van der Waals surface area contributed by atoms with Crippen molar-refractivity contribution in [1.82, 2.24) is 20.3 Å². The predicted molar refractivity (Wildman–Crippen MR) is 182 cm³/mol. The maximum Gasteiger partial charge on any atom is 0.113 e. The van der Waals surface area contributed by atoms with Gasteiger partial charge in [-0.3, -0.25) is 4.98 Å². The Labute approximate surface area is 258 Å². The highest BCUT2D eigenvalue weighted by molar-refractivity contribution is 5.83. The van der Waals surface area contributed by atoms with Crippen molar-refractivity contribution in [3.8, 4) is 0 Å². The smallest absolute Gasteiger partial charge is 0.113 e. The van der Waals surface area contributed by atoms with Gasteiger partial charge in [0.1, 0.15) is 11.7 Å². The maximum absolute atomic E-state index is 5.70. The fraction of sp³-hybridized carbons (Fsp3) is 0.417. The molecule has 0 spiro atoms. The van der Waals surface area contributed by atoms with Crippen molar-refractivity contribution in [2.24, 2.45) is 16.5 Å². The predicted octanol–water partition coefficient (Wildman–Crippen LogP) is 6.99.